The first-order valence-electron chi connectivity index (χ1n) is 6.83. The largest absolute Gasteiger partial charge is 0.388 e. The summed E-state index contributed by atoms with van der Waals surface area (Å²) in [4.78, 5) is 11.8. The fourth-order valence-corrected chi connectivity index (χ4v) is 2.31. The Hall–Kier alpha value is -1.16. The molecule has 2 N–H and O–H groups in total. The quantitative estimate of drug-likeness (QED) is 0.681. The van der Waals surface area contributed by atoms with Gasteiger partial charge in [-0.2, -0.15) is 11.8 Å². The molecule has 1 aromatic rings. The summed E-state index contributed by atoms with van der Waals surface area (Å²) in [7, 11) is 1.87. The number of benzene rings is 1. The van der Waals surface area contributed by atoms with Crippen LogP contribution in [-0.2, 0) is 0 Å². The fourth-order valence-electron chi connectivity index (χ4n) is 1.82. The average molecular weight is 280 g/mol. The number of carbonyl (C=O) groups excluding carboxylic acids is 1. The van der Waals surface area contributed by atoms with Crippen molar-refractivity contribution in [2.24, 2.45) is 0 Å². The molecule has 0 bridgehead atoms. The van der Waals surface area contributed by atoms with Crippen molar-refractivity contribution in [3.05, 3.63) is 29.8 Å². The number of hydrogen-bond donors (Lipinski definition) is 2. The van der Waals surface area contributed by atoms with Crippen LogP contribution in [0.5, 0.6) is 0 Å². The van der Waals surface area contributed by atoms with Gasteiger partial charge >= 0.3 is 0 Å². The van der Waals surface area contributed by atoms with Crippen molar-refractivity contribution >= 4 is 23.4 Å². The Kier molecular flexibility index (Phi) is 8.14. The van der Waals surface area contributed by atoms with Gasteiger partial charge in [0.15, 0.2) is 0 Å². The van der Waals surface area contributed by atoms with Crippen LogP contribution in [0.25, 0.3) is 0 Å². The zero-order valence-electron chi connectivity index (χ0n) is 11.9. The van der Waals surface area contributed by atoms with Crippen molar-refractivity contribution in [1.29, 1.82) is 0 Å². The molecule has 0 saturated heterocycles. The molecule has 0 heterocycles. The Bertz CT molecular complexity index is 365. The summed E-state index contributed by atoms with van der Waals surface area (Å²) in [5.41, 5.74) is 1.74. The maximum absolute atomic E-state index is 11.8. The molecule has 1 aromatic carbocycles. The van der Waals surface area contributed by atoms with Crippen LogP contribution in [0.1, 0.15) is 36.0 Å². The van der Waals surface area contributed by atoms with E-state index in [1.165, 1.54) is 25.0 Å². The number of thioether (sulfide) groups is 1. The Morgan fingerprint density at radius 1 is 1.11 bits per heavy atom. The molecule has 0 fully saturated rings. The summed E-state index contributed by atoms with van der Waals surface area (Å²) >= 11 is 1.90. The SMILES string of the molecule is CNc1ccc(C(=O)NCCCCCCSC)cc1. The maximum atomic E-state index is 11.8. The van der Waals surface area contributed by atoms with E-state index in [0.717, 1.165) is 24.2 Å². The molecule has 3 nitrogen and oxygen atoms in total. The topological polar surface area (TPSA) is 41.1 Å². The summed E-state index contributed by atoms with van der Waals surface area (Å²) in [6.07, 6.45) is 6.93. The van der Waals surface area contributed by atoms with Gasteiger partial charge in [-0.25, -0.2) is 0 Å². The van der Waals surface area contributed by atoms with Crippen molar-refractivity contribution in [3.8, 4) is 0 Å². The van der Waals surface area contributed by atoms with Gasteiger partial charge in [0, 0.05) is 24.8 Å². The lowest BCUT2D eigenvalue weighted by atomic mass is 10.2. The minimum absolute atomic E-state index is 0.0202. The van der Waals surface area contributed by atoms with Crippen molar-refractivity contribution in [1.82, 2.24) is 5.32 Å². The summed E-state index contributed by atoms with van der Waals surface area (Å²) in [5, 5.41) is 6.00. The van der Waals surface area contributed by atoms with E-state index in [2.05, 4.69) is 16.9 Å². The molecule has 0 aliphatic rings. The van der Waals surface area contributed by atoms with E-state index < -0.39 is 0 Å². The first-order chi connectivity index (χ1) is 9.27. The zero-order chi connectivity index (χ0) is 13.9. The van der Waals surface area contributed by atoms with Crippen LogP contribution in [0.15, 0.2) is 24.3 Å². The van der Waals surface area contributed by atoms with E-state index in [1.807, 2.05) is 43.1 Å². The molecule has 0 atom stereocenters. The highest BCUT2D eigenvalue weighted by molar-refractivity contribution is 7.98. The Labute approximate surface area is 120 Å². The number of rotatable bonds is 9. The standard InChI is InChI=1S/C15H24N2OS/c1-16-14-9-7-13(8-10-14)15(18)17-11-5-3-4-6-12-19-2/h7-10,16H,3-6,11-12H2,1-2H3,(H,17,18). The van der Waals surface area contributed by atoms with Gasteiger partial charge in [0.1, 0.15) is 0 Å². The summed E-state index contributed by atoms with van der Waals surface area (Å²) in [5.74, 6) is 1.26. The highest BCUT2D eigenvalue weighted by atomic mass is 32.2. The summed E-state index contributed by atoms with van der Waals surface area (Å²) < 4.78 is 0. The van der Waals surface area contributed by atoms with Gasteiger partial charge in [-0.1, -0.05) is 12.8 Å². The predicted molar refractivity (Wildman–Crippen MR) is 85.2 cm³/mol. The Morgan fingerprint density at radius 2 is 1.79 bits per heavy atom. The van der Waals surface area contributed by atoms with Crippen LogP contribution in [-0.4, -0.2) is 31.5 Å². The van der Waals surface area contributed by atoms with E-state index in [0.29, 0.717) is 0 Å². The molecule has 0 aromatic heterocycles. The minimum Gasteiger partial charge on any atom is -0.388 e. The average Bonchev–Trinajstić information content (AvgIpc) is 2.46. The third-order valence-corrected chi connectivity index (χ3v) is 3.69. The molecular weight excluding hydrogens is 256 g/mol. The normalized spacial score (nSPS) is 10.2. The number of nitrogens with one attached hydrogen (secondary N) is 2. The second-order valence-corrected chi connectivity index (χ2v) is 5.48. The van der Waals surface area contributed by atoms with Gasteiger partial charge in [0.05, 0.1) is 0 Å². The van der Waals surface area contributed by atoms with Crippen LogP contribution in [0.2, 0.25) is 0 Å². The Balaban J connectivity index is 2.16. The van der Waals surface area contributed by atoms with Gasteiger partial charge in [-0.05, 0) is 49.1 Å². The van der Waals surface area contributed by atoms with E-state index in [-0.39, 0.29) is 5.91 Å². The third kappa shape index (κ3) is 6.53. The minimum atomic E-state index is 0.0202. The van der Waals surface area contributed by atoms with Crippen LogP contribution >= 0.6 is 11.8 Å². The Morgan fingerprint density at radius 3 is 2.42 bits per heavy atom. The van der Waals surface area contributed by atoms with Crippen molar-refractivity contribution < 1.29 is 4.79 Å². The molecule has 0 unspecified atom stereocenters. The van der Waals surface area contributed by atoms with Gasteiger partial charge in [0.2, 0.25) is 0 Å². The number of hydrogen-bond acceptors (Lipinski definition) is 3. The lowest BCUT2D eigenvalue weighted by Gasteiger charge is -2.06. The molecule has 0 spiro atoms. The highest BCUT2D eigenvalue weighted by Crippen LogP contribution is 2.08. The second kappa shape index (κ2) is 9.73. The third-order valence-electron chi connectivity index (χ3n) is 3.00. The molecule has 19 heavy (non-hydrogen) atoms. The highest BCUT2D eigenvalue weighted by Gasteiger charge is 2.03. The van der Waals surface area contributed by atoms with E-state index in [1.54, 1.807) is 0 Å². The van der Waals surface area contributed by atoms with E-state index in [4.69, 9.17) is 0 Å². The van der Waals surface area contributed by atoms with Crippen LogP contribution in [0.4, 0.5) is 5.69 Å². The zero-order valence-corrected chi connectivity index (χ0v) is 12.7. The van der Waals surface area contributed by atoms with Crippen molar-refractivity contribution in [2.45, 2.75) is 25.7 Å². The molecule has 0 saturated carbocycles. The number of amides is 1. The summed E-state index contributed by atoms with van der Waals surface area (Å²) in [6.45, 7) is 0.770. The predicted octanol–water partition coefficient (Wildman–Crippen LogP) is 3.38. The van der Waals surface area contributed by atoms with Crippen LogP contribution in [0.3, 0.4) is 0 Å². The lowest BCUT2D eigenvalue weighted by Crippen LogP contribution is -2.24. The molecule has 106 valence electrons. The number of anilines is 1. The van der Waals surface area contributed by atoms with Crippen molar-refractivity contribution in [3.63, 3.8) is 0 Å². The van der Waals surface area contributed by atoms with Crippen molar-refractivity contribution in [2.75, 3.05) is 30.9 Å². The monoisotopic (exact) mass is 280 g/mol. The van der Waals surface area contributed by atoms with Gasteiger partial charge in [-0.3, -0.25) is 4.79 Å². The second-order valence-electron chi connectivity index (χ2n) is 4.49. The smallest absolute Gasteiger partial charge is 0.251 e. The van der Waals surface area contributed by atoms with Gasteiger partial charge in [-0.15, -0.1) is 0 Å². The van der Waals surface area contributed by atoms with Crippen LogP contribution in [0, 0.1) is 0 Å². The summed E-state index contributed by atoms with van der Waals surface area (Å²) in [6, 6.07) is 7.52. The molecular formula is C15H24N2OS. The first-order valence-corrected chi connectivity index (χ1v) is 8.22. The fraction of sp³-hybridized carbons (Fsp3) is 0.533. The molecule has 1 amide bonds. The lowest BCUT2D eigenvalue weighted by molar-refractivity contribution is 0.0953. The maximum Gasteiger partial charge on any atom is 0.251 e. The molecule has 4 heteroatoms. The first kappa shape index (κ1) is 15.9. The molecule has 1 rings (SSSR count). The van der Waals surface area contributed by atoms with Gasteiger partial charge in [0.25, 0.3) is 5.91 Å². The van der Waals surface area contributed by atoms with E-state index in [9.17, 15) is 4.79 Å². The molecule has 0 aliphatic carbocycles. The van der Waals surface area contributed by atoms with Crippen LogP contribution < -0.4 is 10.6 Å². The molecule has 0 aliphatic heterocycles. The van der Waals surface area contributed by atoms with E-state index >= 15 is 0 Å². The van der Waals surface area contributed by atoms with Gasteiger partial charge < -0.3 is 10.6 Å². The number of unbranched alkanes of at least 4 members (excludes halogenated alkanes) is 3. The number of carbonyl (C=O) groups is 1. The molecule has 0 radical (unpaired) electrons.